The molecule has 2 aliphatic rings. The fourth-order valence-corrected chi connectivity index (χ4v) is 1.74. The van der Waals surface area contributed by atoms with Gasteiger partial charge in [0.05, 0.1) is 11.1 Å². The molecule has 4 heteroatoms. The molecule has 0 aromatic heterocycles. The molecule has 0 amide bonds. The summed E-state index contributed by atoms with van der Waals surface area (Å²) in [4.78, 5) is 22.5. The first kappa shape index (κ1) is 15.7. The van der Waals surface area contributed by atoms with Crippen molar-refractivity contribution in [3.63, 3.8) is 0 Å². The lowest BCUT2D eigenvalue weighted by molar-refractivity contribution is -0.127. The van der Waals surface area contributed by atoms with E-state index < -0.39 is 11.9 Å². The van der Waals surface area contributed by atoms with Gasteiger partial charge in [0, 0.05) is 11.1 Å². The summed E-state index contributed by atoms with van der Waals surface area (Å²) in [6.07, 6.45) is 0. The predicted molar refractivity (Wildman–Crippen MR) is 78.5 cm³/mol. The van der Waals surface area contributed by atoms with E-state index in [9.17, 15) is 9.59 Å². The summed E-state index contributed by atoms with van der Waals surface area (Å²) in [5, 5.41) is 0. The number of rotatable bonds is 0. The van der Waals surface area contributed by atoms with Gasteiger partial charge in [-0.1, -0.05) is 40.9 Å². The van der Waals surface area contributed by atoms with Crippen LogP contribution in [-0.4, -0.2) is 11.9 Å². The molecule has 0 saturated heterocycles. The highest BCUT2D eigenvalue weighted by Gasteiger charge is 2.32. The second-order valence-corrected chi connectivity index (χ2v) is 3.58. The first-order chi connectivity index (χ1) is 9.58. The van der Waals surface area contributed by atoms with Crippen LogP contribution in [0.3, 0.4) is 0 Å². The van der Waals surface area contributed by atoms with E-state index in [1.54, 1.807) is 12.1 Å². The summed E-state index contributed by atoms with van der Waals surface area (Å²) < 4.78 is 9.96. The molecule has 0 saturated carbocycles. The van der Waals surface area contributed by atoms with Gasteiger partial charge in [0.25, 0.3) is 0 Å². The van der Waals surface area contributed by atoms with Crippen LogP contribution in [0.1, 0.15) is 38.8 Å². The molecule has 4 nitrogen and oxygen atoms in total. The second kappa shape index (κ2) is 6.19. The summed E-state index contributed by atoms with van der Waals surface area (Å²) in [6.45, 7) is 15.2. The number of hydrogen-bond acceptors (Lipinski definition) is 4. The van der Waals surface area contributed by atoms with E-state index in [2.05, 4.69) is 13.2 Å². The molecule has 0 bridgehead atoms. The van der Waals surface area contributed by atoms with Gasteiger partial charge in [-0.25, -0.2) is 9.59 Å². The Bertz CT molecular complexity index is 543. The topological polar surface area (TPSA) is 52.6 Å². The Labute approximate surface area is 118 Å². The highest BCUT2D eigenvalue weighted by molar-refractivity contribution is 6.24. The average molecular weight is 274 g/mol. The van der Waals surface area contributed by atoms with Crippen molar-refractivity contribution in [2.24, 2.45) is 0 Å². The number of ether oxygens (including phenoxy) is 2. The number of carbonyl (C=O) groups is 2. The lowest BCUT2D eigenvalue weighted by Crippen LogP contribution is -2.00. The zero-order valence-corrected chi connectivity index (χ0v) is 12.2. The lowest BCUT2D eigenvalue weighted by atomic mass is 10.0. The van der Waals surface area contributed by atoms with E-state index in [4.69, 9.17) is 9.47 Å². The monoisotopic (exact) mass is 274 g/mol. The van der Waals surface area contributed by atoms with Gasteiger partial charge in [0.15, 0.2) is 0 Å². The van der Waals surface area contributed by atoms with Gasteiger partial charge in [-0.05, 0) is 12.1 Å². The van der Waals surface area contributed by atoms with Gasteiger partial charge in [-0.3, -0.25) is 0 Å². The minimum absolute atomic E-state index is 0.270. The van der Waals surface area contributed by atoms with E-state index in [0.29, 0.717) is 22.6 Å². The highest BCUT2D eigenvalue weighted by atomic mass is 16.5. The highest BCUT2D eigenvalue weighted by Crippen LogP contribution is 2.43. The molecule has 2 heterocycles. The van der Waals surface area contributed by atoms with Crippen LogP contribution in [0.4, 0.5) is 0 Å². The quantitative estimate of drug-likeness (QED) is 0.412. The van der Waals surface area contributed by atoms with E-state index in [1.807, 2.05) is 27.7 Å². The predicted octanol–water partition coefficient (Wildman–Crippen LogP) is 3.60. The molecule has 0 atom stereocenters. The fraction of sp³-hybridized carbons (Fsp3) is 0.250. The van der Waals surface area contributed by atoms with Crippen molar-refractivity contribution in [3.05, 3.63) is 36.4 Å². The Balaban J connectivity index is 0.000000461. The number of hydrogen-bond donors (Lipinski definition) is 0. The van der Waals surface area contributed by atoms with E-state index >= 15 is 0 Å². The molecule has 1 aromatic rings. The van der Waals surface area contributed by atoms with E-state index in [1.165, 1.54) is 0 Å². The summed E-state index contributed by atoms with van der Waals surface area (Å²) >= 11 is 0. The normalized spacial score (nSPS) is 14.2. The van der Waals surface area contributed by atoms with Crippen molar-refractivity contribution in [3.8, 4) is 11.5 Å². The lowest BCUT2D eigenvalue weighted by Gasteiger charge is -2.00. The van der Waals surface area contributed by atoms with Crippen LogP contribution >= 0.6 is 0 Å². The Kier molecular flexibility index (Phi) is 4.86. The van der Waals surface area contributed by atoms with E-state index in [-0.39, 0.29) is 11.1 Å². The van der Waals surface area contributed by atoms with Gasteiger partial charge < -0.3 is 9.47 Å². The maximum Gasteiger partial charge on any atom is 0.343 e. The van der Waals surface area contributed by atoms with Crippen LogP contribution in [0, 0.1) is 0 Å². The van der Waals surface area contributed by atoms with Gasteiger partial charge in [-0.15, -0.1) is 0 Å². The first-order valence-electron chi connectivity index (χ1n) is 6.59. The molecule has 1 aromatic carbocycles. The molecule has 0 unspecified atom stereocenters. The standard InChI is InChI=1S/C12H6O4.2C2H6/c1-5-7-3-10-8(6(2)12(14)16-10)4-9(7)15-11(5)13;2*1-2/h3-4H,1-2H2;2*1-2H3. The molecule has 106 valence electrons. The molecular formula is C16H18O4. The largest absolute Gasteiger partial charge is 0.422 e. The van der Waals surface area contributed by atoms with Crippen molar-refractivity contribution in [1.82, 2.24) is 0 Å². The van der Waals surface area contributed by atoms with Crippen LogP contribution in [0.15, 0.2) is 25.3 Å². The maximum absolute atomic E-state index is 11.3. The number of fused-ring (bicyclic) bond motifs is 2. The number of benzene rings is 1. The van der Waals surface area contributed by atoms with Gasteiger partial charge >= 0.3 is 11.9 Å². The molecule has 0 N–H and O–H groups in total. The van der Waals surface area contributed by atoms with Crippen molar-refractivity contribution in [2.45, 2.75) is 27.7 Å². The first-order valence-corrected chi connectivity index (χ1v) is 6.59. The van der Waals surface area contributed by atoms with Crippen LogP contribution in [0.5, 0.6) is 11.5 Å². The average Bonchev–Trinajstić information content (AvgIpc) is 2.91. The third kappa shape index (κ3) is 2.37. The zero-order valence-electron chi connectivity index (χ0n) is 12.2. The molecule has 0 fully saturated rings. The summed E-state index contributed by atoms with van der Waals surface area (Å²) in [7, 11) is 0. The Morgan fingerprint density at radius 3 is 1.35 bits per heavy atom. The summed E-state index contributed by atoms with van der Waals surface area (Å²) in [6, 6.07) is 3.15. The van der Waals surface area contributed by atoms with E-state index in [0.717, 1.165) is 0 Å². The van der Waals surface area contributed by atoms with Crippen molar-refractivity contribution < 1.29 is 19.1 Å². The summed E-state index contributed by atoms with van der Waals surface area (Å²) in [5.41, 5.74) is 1.66. The van der Waals surface area contributed by atoms with Crippen molar-refractivity contribution in [1.29, 1.82) is 0 Å². The number of esters is 2. The minimum Gasteiger partial charge on any atom is -0.422 e. The molecular weight excluding hydrogens is 256 g/mol. The number of carbonyl (C=O) groups excluding carboxylic acids is 2. The van der Waals surface area contributed by atoms with Gasteiger partial charge in [0.2, 0.25) is 0 Å². The van der Waals surface area contributed by atoms with Gasteiger partial charge in [0.1, 0.15) is 11.5 Å². The fourth-order valence-electron chi connectivity index (χ4n) is 1.74. The van der Waals surface area contributed by atoms with Crippen LogP contribution in [-0.2, 0) is 9.59 Å². The SMILES string of the molecule is C=C1C(=O)Oc2cc3c(cc21)OC(=O)C3=C.CC.CC. The molecule has 0 aliphatic carbocycles. The van der Waals surface area contributed by atoms with Crippen LogP contribution in [0.2, 0.25) is 0 Å². The Hall–Kier alpha value is -2.36. The molecule has 2 aliphatic heterocycles. The molecule has 0 radical (unpaired) electrons. The molecule has 3 rings (SSSR count). The van der Waals surface area contributed by atoms with Crippen molar-refractivity contribution >= 4 is 23.1 Å². The smallest absolute Gasteiger partial charge is 0.343 e. The van der Waals surface area contributed by atoms with Crippen LogP contribution in [0.25, 0.3) is 11.1 Å². The van der Waals surface area contributed by atoms with Crippen LogP contribution < -0.4 is 9.47 Å². The molecule has 0 spiro atoms. The minimum atomic E-state index is -0.476. The van der Waals surface area contributed by atoms with Gasteiger partial charge in [-0.2, -0.15) is 0 Å². The third-order valence-corrected chi connectivity index (χ3v) is 2.63. The maximum atomic E-state index is 11.3. The van der Waals surface area contributed by atoms with Crippen molar-refractivity contribution in [2.75, 3.05) is 0 Å². The Morgan fingerprint density at radius 2 is 1.05 bits per heavy atom. The third-order valence-electron chi connectivity index (χ3n) is 2.63. The summed E-state index contributed by atoms with van der Waals surface area (Å²) in [5.74, 6) is -0.160. The zero-order chi connectivity index (χ0) is 15.4. The second-order valence-electron chi connectivity index (χ2n) is 3.58. The molecule has 20 heavy (non-hydrogen) atoms. The Morgan fingerprint density at radius 1 is 0.750 bits per heavy atom.